The molecule has 0 unspecified atom stereocenters. The molecule has 0 bridgehead atoms. The maximum atomic E-state index is 12.9. The van der Waals surface area contributed by atoms with E-state index in [1.807, 2.05) is 32.2 Å². The first kappa shape index (κ1) is 22.4. The third kappa shape index (κ3) is 5.15. The second-order valence-electron chi connectivity index (χ2n) is 8.26. The maximum absolute atomic E-state index is 12.9. The summed E-state index contributed by atoms with van der Waals surface area (Å²) >= 11 is 0. The van der Waals surface area contributed by atoms with Crippen LogP contribution in [0, 0.1) is 13.8 Å². The van der Waals surface area contributed by atoms with E-state index in [1.54, 1.807) is 16.4 Å². The Morgan fingerprint density at radius 2 is 1.56 bits per heavy atom. The Morgan fingerprint density at radius 3 is 2.22 bits per heavy atom. The predicted octanol–water partition coefficient (Wildman–Crippen LogP) is 3.31. The van der Waals surface area contributed by atoms with Gasteiger partial charge in [0.15, 0.2) is 0 Å². The lowest BCUT2D eigenvalue weighted by molar-refractivity contribution is 0.222. The number of piperazine rings is 1. The van der Waals surface area contributed by atoms with Gasteiger partial charge in [0.25, 0.3) is 0 Å². The average molecular weight is 452 g/mol. The highest BCUT2D eigenvalue weighted by molar-refractivity contribution is 7.89. The molecule has 2 heterocycles. The molecule has 4 rings (SSSR count). The van der Waals surface area contributed by atoms with E-state index in [1.165, 1.54) is 5.56 Å². The van der Waals surface area contributed by atoms with Crippen LogP contribution in [0.15, 0.2) is 59.5 Å². The molecule has 0 atom stereocenters. The van der Waals surface area contributed by atoms with Gasteiger partial charge in [-0.05, 0) is 38.6 Å². The van der Waals surface area contributed by atoms with Crippen molar-refractivity contribution in [2.75, 3.05) is 38.5 Å². The summed E-state index contributed by atoms with van der Waals surface area (Å²) < 4.78 is 27.3. The molecule has 0 spiro atoms. The summed E-state index contributed by atoms with van der Waals surface area (Å²) in [6, 6.07) is 17.3. The number of sulfonamides is 1. The fraction of sp³-hybridized carbons (Fsp3) is 0.333. The van der Waals surface area contributed by atoms with Gasteiger partial charge in [0.05, 0.1) is 10.6 Å². The second kappa shape index (κ2) is 9.36. The number of aromatic nitrogens is 2. The molecule has 168 valence electrons. The molecule has 1 aliphatic heterocycles. The molecule has 1 aromatic heterocycles. The molecule has 0 radical (unpaired) electrons. The Morgan fingerprint density at radius 1 is 0.906 bits per heavy atom. The van der Waals surface area contributed by atoms with Crippen LogP contribution >= 0.6 is 0 Å². The molecule has 32 heavy (non-hydrogen) atoms. The van der Waals surface area contributed by atoms with Gasteiger partial charge < -0.3 is 10.2 Å². The lowest BCUT2D eigenvalue weighted by Crippen LogP contribution is -2.46. The first-order valence-corrected chi connectivity index (χ1v) is 12.2. The van der Waals surface area contributed by atoms with Gasteiger partial charge in [-0.3, -0.25) is 0 Å². The Balaban J connectivity index is 1.44. The SMILES string of the molecule is Cc1ccc(-c2cc(NCc3ccc(S(=O)(=O)N4CCN(C)CC4)cc3)nc(C)n2)cc1. The van der Waals surface area contributed by atoms with Crippen molar-refractivity contribution in [3.8, 4) is 11.3 Å². The maximum Gasteiger partial charge on any atom is 0.243 e. The van der Waals surface area contributed by atoms with Gasteiger partial charge in [-0.2, -0.15) is 4.31 Å². The zero-order valence-electron chi connectivity index (χ0n) is 18.7. The predicted molar refractivity (Wildman–Crippen MR) is 127 cm³/mol. The average Bonchev–Trinajstić information content (AvgIpc) is 2.78. The number of anilines is 1. The van der Waals surface area contributed by atoms with Crippen molar-refractivity contribution in [1.29, 1.82) is 0 Å². The molecule has 1 N–H and O–H groups in total. The van der Waals surface area contributed by atoms with Gasteiger partial charge in [0.2, 0.25) is 10.0 Å². The number of hydrogen-bond acceptors (Lipinski definition) is 6. The fourth-order valence-corrected chi connectivity index (χ4v) is 5.10. The van der Waals surface area contributed by atoms with E-state index < -0.39 is 10.0 Å². The summed E-state index contributed by atoms with van der Waals surface area (Å²) in [5.41, 5.74) is 4.10. The van der Waals surface area contributed by atoms with Crippen LogP contribution in [0.2, 0.25) is 0 Å². The lowest BCUT2D eigenvalue weighted by Gasteiger charge is -2.31. The molecule has 7 nitrogen and oxygen atoms in total. The smallest absolute Gasteiger partial charge is 0.243 e. The monoisotopic (exact) mass is 451 g/mol. The highest BCUT2D eigenvalue weighted by Gasteiger charge is 2.27. The molecule has 3 aromatic rings. The second-order valence-corrected chi connectivity index (χ2v) is 10.2. The Bertz CT molecular complexity index is 1170. The zero-order valence-corrected chi connectivity index (χ0v) is 19.6. The largest absolute Gasteiger partial charge is 0.366 e. The molecule has 2 aromatic carbocycles. The number of rotatable bonds is 6. The summed E-state index contributed by atoms with van der Waals surface area (Å²) in [7, 11) is -1.44. The summed E-state index contributed by atoms with van der Waals surface area (Å²) in [5.74, 6) is 1.43. The Hall–Kier alpha value is -2.81. The summed E-state index contributed by atoms with van der Waals surface area (Å²) in [4.78, 5) is 11.5. The number of nitrogens with one attached hydrogen (secondary N) is 1. The standard InChI is InChI=1S/C24H29N5O2S/c1-18-4-8-21(9-5-18)23-16-24(27-19(2)26-23)25-17-20-6-10-22(11-7-20)32(30,31)29-14-12-28(3)13-15-29/h4-11,16H,12-15,17H2,1-3H3,(H,25,26,27). The summed E-state index contributed by atoms with van der Waals surface area (Å²) in [6.45, 7) is 7.04. The molecular formula is C24H29N5O2S. The third-order valence-corrected chi connectivity index (χ3v) is 7.60. The number of nitrogens with zero attached hydrogens (tertiary/aromatic N) is 4. The first-order valence-electron chi connectivity index (χ1n) is 10.8. The van der Waals surface area contributed by atoms with E-state index in [0.717, 1.165) is 35.7 Å². The van der Waals surface area contributed by atoms with Crippen LogP contribution in [0.5, 0.6) is 0 Å². The van der Waals surface area contributed by atoms with Crippen LogP contribution in [0.3, 0.4) is 0 Å². The quantitative estimate of drug-likeness (QED) is 0.620. The lowest BCUT2D eigenvalue weighted by atomic mass is 10.1. The van der Waals surface area contributed by atoms with Crippen molar-refractivity contribution in [2.24, 2.45) is 0 Å². The summed E-state index contributed by atoms with van der Waals surface area (Å²) in [5, 5.41) is 3.33. The van der Waals surface area contributed by atoms with Crippen LogP contribution < -0.4 is 5.32 Å². The van der Waals surface area contributed by atoms with Gasteiger partial charge in [0.1, 0.15) is 11.6 Å². The van der Waals surface area contributed by atoms with E-state index >= 15 is 0 Å². The van der Waals surface area contributed by atoms with Crippen molar-refractivity contribution in [2.45, 2.75) is 25.3 Å². The molecule has 8 heteroatoms. The van der Waals surface area contributed by atoms with Crippen LogP contribution in [0.25, 0.3) is 11.3 Å². The topological polar surface area (TPSA) is 78.4 Å². The highest BCUT2D eigenvalue weighted by atomic mass is 32.2. The van der Waals surface area contributed by atoms with Gasteiger partial charge in [0, 0.05) is 44.4 Å². The molecule has 0 amide bonds. The minimum atomic E-state index is -3.45. The zero-order chi connectivity index (χ0) is 22.7. The van der Waals surface area contributed by atoms with Crippen molar-refractivity contribution in [1.82, 2.24) is 19.2 Å². The van der Waals surface area contributed by atoms with E-state index in [9.17, 15) is 8.42 Å². The molecule has 1 aliphatic rings. The molecular weight excluding hydrogens is 422 g/mol. The molecule has 0 saturated carbocycles. The van der Waals surface area contributed by atoms with E-state index in [4.69, 9.17) is 0 Å². The fourth-order valence-electron chi connectivity index (χ4n) is 3.68. The normalized spacial score (nSPS) is 15.6. The van der Waals surface area contributed by atoms with Crippen molar-refractivity contribution < 1.29 is 8.42 Å². The van der Waals surface area contributed by atoms with Crippen molar-refractivity contribution in [3.63, 3.8) is 0 Å². The molecule has 1 saturated heterocycles. The molecule has 1 fully saturated rings. The number of likely N-dealkylation sites (N-methyl/N-ethyl adjacent to an activating group) is 1. The van der Waals surface area contributed by atoms with E-state index in [2.05, 4.69) is 51.4 Å². The van der Waals surface area contributed by atoms with Crippen LogP contribution in [0.4, 0.5) is 5.82 Å². The summed E-state index contributed by atoms with van der Waals surface area (Å²) in [6.07, 6.45) is 0. The first-order chi connectivity index (χ1) is 15.3. The van der Waals surface area contributed by atoms with Crippen molar-refractivity contribution >= 4 is 15.8 Å². The Labute approximate surface area is 190 Å². The number of aryl methyl sites for hydroxylation is 2. The van der Waals surface area contributed by atoms with Crippen molar-refractivity contribution in [3.05, 3.63) is 71.5 Å². The van der Waals surface area contributed by atoms with E-state index in [-0.39, 0.29) is 0 Å². The van der Waals surface area contributed by atoms with Gasteiger partial charge >= 0.3 is 0 Å². The van der Waals surface area contributed by atoms with Gasteiger partial charge in [-0.15, -0.1) is 0 Å². The van der Waals surface area contributed by atoms with E-state index in [0.29, 0.717) is 30.4 Å². The number of benzene rings is 2. The van der Waals surface area contributed by atoms with Crippen LogP contribution in [0.1, 0.15) is 17.0 Å². The molecule has 0 aliphatic carbocycles. The van der Waals surface area contributed by atoms with Crippen LogP contribution in [-0.2, 0) is 16.6 Å². The third-order valence-electron chi connectivity index (χ3n) is 5.68. The van der Waals surface area contributed by atoms with Crippen LogP contribution in [-0.4, -0.2) is 60.8 Å². The van der Waals surface area contributed by atoms with Gasteiger partial charge in [-0.25, -0.2) is 18.4 Å². The minimum Gasteiger partial charge on any atom is -0.366 e. The number of hydrogen-bond donors (Lipinski definition) is 1. The van der Waals surface area contributed by atoms with Gasteiger partial charge in [-0.1, -0.05) is 42.0 Å². The minimum absolute atomic E-state index is 0.338. The Kier molecular flexibility index (Phi) is 6.55. The highest BCUT2D eigenvalue weighted by Crippen LogP contribution is 2.22.